The molecule has 1 fully saturated rings. The summed E-state index contributed by atoms with van der Waals surface area (Å²) in [5, 5.41) is 13.8. The van der Waals surface area contributed by atoms with Gasteiger partial charge in [0.2, 0.25) is 11.8 Å². The molecular formula is C22H19N5O5S4. The number of nitro benzene ring substituents is 1. The van der Waals surface area contributed by atoms with E-state index >= 15 is 0 Å². The molecule has 0 bridgehead atoms. The van der Waals surface area contributed by atoms with E-state index in [2.05, 4.69) is 15.3 Å². The molecule has 2 aromatic heterocycles. The summed E-state index contributed by atoms with van der Waals surface area (Å²) in [5.41, 5.74) is 2.17. The number of rotatable bonds is 8. The van der Waals surface area contributed by atoms with Crippen LogP contribution in [0.25, 0.3) is 20.4 Å². The Morgan fingerprint density at radius 2 is 1.64 bits per heavy atom. The van der Waals surface area contributed by atoms with Gasteiger partial charge in [-0.15, -0.1) is 22.7 Å². The molecule has 0 aliphatic carbocycles. The molecule has 14 heteroatoms. The van der Waals surface area contributed by atoms with E-state index in [4.69, 9.17) is 4.74 Å². The third-order valence-corrected chi connectivity index (χ3v) is 9.53. The van der Waals surface area contributed by atoms with Crippen molar-refractivity contribution in [2.75, 3.05) is 43.1 Å². The van der Waals surface area contributed by atoms with Gasteiger partial charge in [0, 0.05) is 30.9 Å². The summed E-state index contributed by atoms with van der Waals surface area (Å²) >= 11 is 5.51. The summed E-state index contributed by atoms with van der Waals surface area (Å²) in [7, 11) is 0. The van der Waals surface area contributed by atoms with Crippen molar-refractivity contribution in [3.8, 4) is 0 Å². The zero-order chi connectivity index (χ0) is 25.1. The SMILES string of the molecule is O=C(CSc1nc2ccc([N+](=O)[O-])cc2s1)Nc1ccc2nc(SCC(=O)N3CCOCC3)sc2c1. The highest BCUT2D eigenvalue weighted by Gasteiger charge is 2.18. The minimum Gasteiger partial charge on any atom is -0.378 e. The van der Waals surface area contributed by atoms with Crippen LogP contribution in [-0.4, -0.2) is 69.4 Å². The fourth-order valence-electron chi connectivity index (χ4n) is 3.46. The average molecular weight is 562 g/mol. The van der Waals surface area contributed by atoms with Crippen LogP contribution in [0, 0.1) is 10.1 Å². The number of nitro groups is 1. The number of morpholine rings is 1. The van der Waals surface area contributed by atoms with Gasteiger partial charge in [0.25, 0.3) is 5.69 Å². The molecule has 5 rings (SSSR count). The van der Waals surface area contributed by atoms with Crippen molar-refractivity contribution < 1.29 is 19.2 Å². The number of ether oxygens (including phenoxy) is 1. The fourth-order valence-corrected chi connectivity index (χ4v) is 7.37. The fraction of sp³-hybridized carbons (Fsp3) is 0.273. The molecule has 4 aromatic rings. The molecule has 3 heterocycles. The number of carbonyl (C=O) groups excluding carboxylic acids is 2. The Morgan fingerprint density at radius 3 is 2.33 bits per heavy atom. The predicted octanol–water partition coefficient (Wildman–Crippen LogP) is 4.50. The first-order chi connectivity index (χ1) is 17.4. The van der Waals surface area contributed by atoms with Crippen molar-refractivity contribution in [2.45, 2.75) is 8.68 Å². The highest BCUT2D eigenvalue weighted by molar-refractivity contribution is 8.02. The third-order valence-electron chi connectivity index (χ3n) is 5.23. The van der Waals surface area contributed by atoms with Crippen LogP contribution < -0.4 is 5.32 Å². The van der Waals surface area contributed by atoms with Crippen LogP contribution >= 0.6 is 46.2 Å². The van der Waals surface area contributed by atoms with Crippen LogP contribution in [0.2, 0.25) is 0 Å². The number of nitrogens with one attached hydrogen (secondary N) is 1. The van der Waals surface area contributed by atoms with Crippen molar-refractivity contribution in [3.05, 3.63) is 46.5 Å². The van der Waals surface area contributed by atoms with Crippen molar-refractivity contribution in [3.63, 3.8) is 0 Å². The lowest BCUT2D eigenvalue weighted by atomic mass is 10.3. The molecule has 0 radical (unpaired) electrons. The van der Waals surface area contributed by atoms with Crippen LogP contribution in [-0.2, 0) is 14.3 Å². The minimum absolute atomic E-state index is 0.0177. The van der Waals surface area contributed by atoms with Crippen LogP contribution in [0.5, 0.6) is 0 Å². The number of hydrogen-bond donors (Lipinski definition) is 1. The number of hydrogen-bond acceptors (Lipinski definition) is 11. The molecule has 0 saturated carbocycles. The standard InChI is InChI=1S/C22H19N5O5S4/c28-19(11-33-21-25-16-4-2-14(27(30)31)10-18(16)36-21)23-13-1-3-15-17(9-13)35-22(24-15)34-12-20(29)26-5-7-32-8-6-26/h1-4,9-10H,5-8,11-12H2,(H,23,28). The van der Waals surface area contributed by atoms with Gasteiger partial charge in [-0.3, -0.25) is 19.7 Å². The van der Waals surface area contributed by atoms with Crippen molar-refractivity contribution >= 4 is 89.8 Å². The molecule has 1 aliphatic heterocycles. The van der Waals surface area contributed by atoms with E-state index in [0.29, 0.717) is 52.3 Å². The van der Waals surface area contributed by atoms with Crippen molar-refractivity contribution in [2.24, 2.45) is 0 Å². The topological polar surface area (TPSA) is 128 Å². The number of thiazole rings is 2. The third kappa shape index (κ3) is 5.95. The number of benzene rings is 2. The van der Waals surface area contributed by atoms with Gasteiger partial charge in [0.05, 0.1) is 50.1 Å². The Kier molecular flexibility index (Phi) is 7.67. The van der Waals surface area contributed by atoms with E-state index < -0.39 is 4.92 Å². The highest BCUT2D eigenvalue weighted by atomic mass is 32.2. The number of carbonyl (C=O) groups is 2. The van der Waals surface area contributed by atoms with Gasteiger partial charge in [-0.05, 0) is 24.3 Å². The first kappa shape index (κ1) is 24.9. The number of aromatic nitrogens is 2. The molecule has 10 nitrogen and oxygen atoms in total. The zero-order valence-corrected chi connectivity index (χ0v) is 21.9. The maximum Gasteiger partial charge on any atom is 0.270 e. The largest absolute Gasteiger partial charge is 0.378 e. The van der Waals surface area contributed by atoms with E-state index in [9.17, 15) is 19.7 Å². The predicted molar refractivity (Wildman–Crippen MR) is 143 cm³/mol. The Balaban J connectivity index is 1.16. The molecule has 1 saturated heterocycles. The second-order valence-electron chi connectivity index (χ2n) is 7.67. The van der Waals surface area contributed by atoms with Gasteiger partial charge in [-0.1, -0.05) is 23.5 Å². The van der Waals surface area contributed by atoms with Gasteiger partial charge in [0.15, 0.2) is 8.68 Å². The van der Waals surface area contributed by atoms with Crippen LogP contribution in [0.4, 0.5) is 11.4 Å². The molecule has 2 amide bonds. The van der Waals surface area contributed by atoms with E-state index in [1.807, 2.05) is 17.0 Å². The second kappa shape index (κ2) is 11.1. The number of amides is 2. The summed E-state index contributed by atoms with van der Waals surface area (Å²) < 4.78 is 8.40. The van der Waals surface area contributed by atoms with E-state index in [1.54, 1.807) is 12.1 Å². The monoisotopic (exact) mass is 561 g/mol. The van der Waals surface area contributed by atoms with Crippen LogP contribution in [0.1, 0.15) is 0 Å². The summed E-state index contributed by atoms with van der Waals surface area (Å²) in [6.07, 6.45) is 0. The second-order valence-corrected chi connectivity index (χ2v) is 12.2. The van der Waals surface area contributed by atoms with Crippen LogP contribution in [0.15, 0.2) is 45.1 Å². The summed E-state index contributed by atoms with van der Waals surface area (Å²) in [6, 6.07) is 10.1. The van der Waals surface area contributed by atoms with Crippen molar-refractivity contribution in [1.82, 2.24) is 14.9 Å². The van der Waals surface area contributed by atoms with Gasteiger partial charge in [-0.2, -0.15) is 0 Å². The smallest absolute Gasteiger partial charge is 0.270 e. The van der Waals surface area contributed by atoms with Gasteiger partial charge >= 0.3 is 0 Å². The Bertz CT molecular complexity index is 1450. The normalized spacial score (nSPS) is 13.8. The Hall–Kier alpha value is -2.78. The lowest BCUT2D eigenvalue weighted by molar-refractivity contribution is -0.384. The van der Waals surface area contributed by atoms with Gasteiger partial charge in [0.1, 0.15) is 0 Å². The van der Waals surface area contributed by atoms with Crippen molar-refractivity contribution in [1.29, 1.82) is 0 Å². The maximum atomic E-state index is 12.5. The summed E-state index contributed by atoms with van der Waals surface area (Å²) in [6.45, 7) is 2.41. The molecule has 0 atom stereocenters. The number of non-ortho nitro benzene ring substituents is 1. The van der Waals surface area contributed by atoms with Gasteiger partial charge in [-0.25, -0.2) is 9.97 Å². The number of thioether (sulfide) groups is 2. The molecule has 1 N–H and O–H groups in total. The number of nitrogens with zero attached hydrogens (tertiary/aromatic N) is 4. The van der Waals surface area contributed by atoms with Gasteiger partial charge < -0.3 is 15.0 Å². The molecular weight excluding hydrogens is 543 g/mol. The molecule has 2 aromatic carbocycles. The lowest BCUT2D eigenvalue weighted by Crippen LogP contribution is -2.41. The molecule has 0 spiro atoms. The maximum absolute atomic E-state index is 12.5. The quantitative estimate of drug-likeness (QED) is 0.188. The Morgan fingerprint density at radius 1 is 1.00 bits per heavy atom. The molecule has 186 valence electrons. The minimum atomic E-state index is -0.438. The summed E-state index contributed by atoms with van der Waals surface area (Å²) in [5.74, 6) is 0.395. The van der Waals surface area contributed by atoms with E-state index in [1.165, 1.54) is 58.3 Å². The first-order valence-corrected chi connectivity index (χ1v) is 14.4. The zero-order valence-electron chi connectivity index (χ0n) is 18.7. The Labute approximate surface area is 221 Å². The summed E-state index contributed by atoms with van der Waals surface area (Å²) in [4.78, 5) is 46.2. The molecule has 36 heavy (non-hydrogen) atoms. The van der Waals surface area contributed by atoms with E-state index in [0.717, 1.165) is 14.6 Å². The lowest BCUT2D eigenvalue weighted by Gasteiger charge is -2.26. The van der Waals surface area contributed by atoms with Crippen LogP contribution in [0.3, 0.4) is 0 Å². The number of anilines is 1. The van der Waals surface area contributed by atoms with E-state index in [-0.39, 0.29) is 23.3 Å². The highest BCUT2D eigenvalue weighted by Crippen LogP contribution is 2.33. The molecule has 0 unspecified atom stereocenters. The first-order valence-electron chi connectivity index (χ1n) is 10.8. The number of fused-ring (bicyclic) bond motifs is 2. The molecule has 1 aliphatic rings. The average Bonchev–Trinajstić information content (AvgIpc) is 3.49.